The maximum atomic E-state index is 12.9. The van der Waals surface area contributed by atoms with Crippen LogP contribution in [0.5, 0.6) is 0 Å². The highest BCUT2D eigenvalue weighted by atomic mass is 19.4. The van der Waals surface area contributed by atoms with Gasteiger partial charge >= 0.3 is 12.2 Å². The summed E-state index contributed by atoms with van der Waals surface area (Å²) in [4.78, 5) is 12.7. The lowest BCUT2D eigenvalue weighted by Gasteiger charge is -2.20. The largest absolute Gasteiger partial charge is 0.416 e. The second kappa shape index (κ2) is 7.31. The van der Waals surface area contributed by atoms with Crippen LogP contribution in [0.25, 0.3) is 0 Å². The molecule has 1 aromatic carbocycles. The number of hydrogen-bond acceptors (Lipinski definition) is 2. The van der Waals surface area contributed by atoms with Gasteiger partial charge in [0.1, 0.15) is 0 Å². The van der Waals surface area contributed by atoms with Gasteiger partial charge in [-0.15, -0.1) is 0 Å². The normalized spacial score (nSPS) is 12.9. The van der Waals surface area contributed by atoms with E-state index in [1.54, 1.807) is 27.1 Å². The number of nitrogens with zero attached hydrogens (tertiary/aromatic N) is 1. The zero-order valence-electron chi connectivity index (χ0n) is 12.3. The van der Waals surface area contributed by atoms with Gasteiger partial charge < -0.3 is 15.5 Å². The van der Waals surface area contributed by atoms with E-state index in [4.69, 9.17) is 0 Å². The summed E-state index contributed by atoms with van der Waals surface area (Å²) in [6, 6.07) is 4.78. The summed E-state index contributed by atoms with van der Waals surface area (Å²) in [5.41, 5.74) is -0.439. The zero-order chi connectivity index (χ0) is 16.0. The molecule has 2 N–H and O–H groups in total. The highest BCUT2D eigenvalue weighted by Gasteiger charge is 2.33. The second-order valence-corrected chi connectivity index (χ2v) is 4.89. The number of hydrogen-bond donors (Lipinski definition) is 2. The Balaban J connectivity index is 2.57. The van der Waals surface area contributed by atoms with Crippen LogP contribution in [0.2, 0.25) is 0 Å². The Kier molecular flexibility index (Phi) is 6.02. The summed E-state index contributed by atoms with van der Waals surface area (Å²) < 4.78 is 38.7. The molecule has 0 bridgehead atoms. The molecule has 4 nitrogen and oxygen atoms in total. The van der Waals surface area contributed by atoms with E-state index in [2.05, 4.69) is 10.6 Å². The molecule has 7 heteroatoms. The molecule has 0 aliphatic rings. The van der Waals surface area contributed by atoms with Crippen molar-refractivity contribution in [2.75, 3.05) is 27.2 Å². The van der Waals surface area contributed by atoms with Gasteiger partial charge in [0, 0.05) is 33.2 Å². The first-order valence-corrected chi connectivity index (χ1v) is 6.58. The van der Waals surface area contributed by atoms with Crippen LogP contribution < -0.4 is 10.6 Å². The number of nitrogens with one attached hydrogen (secondary N) is 2. The topological polar surface area (TPSA) is 44.4 Å². The first-order valence-electron chi connectivity index (χ1n) is 6.58. The van der Waals surface area contributed by atoms with Crippen LogP contribution in [0.1, 0.15) is 24.1 Å². The molecule has 2 amide bonds. The highest BCUT2D eigenvalue weighted by molar-refractivity contribution is 5.73. The lowest BCUT2D eigenvalue weighted by Crippen LogP contribution is -2.39. The first-order chi connectivity index (χ1) is 9.73. The van der Waals surface area contributed by atoms with E-state index in [9.17, 15) is 18.0 Å². The maximum Gasteiger partial charge on any atom is 0.416 e. The van der Waals surface area contributed by atoms with Gasteiger partial charge in [-0.3, -0.25) is 0 Å². The van der Waals surface area contributed by atoms with Crippen molar-refractivity contribution >= 4 is 6.03 Å². The van der Waals surface area contributed by atoms with Crippen molar-refractivity contribution in [1.29, 1.82) is 0 Å². The van der Waals surface area contributed by atoms with Crippen LogP contribution >= 0.6 is 0 Å². The Hall–Kier alpha value is -1.76. The van der Waals surface area contributed by atoms with E-state index >= 15 is 0 Å². The number of carbonyl (C=O) groups excluding carboxylic acids is 1. The molecule has 0 spiro atoms. The summed E-state index contributed by atoms with van der Waals surface area (Å²) in [5.74, 6) is 0. The number of benzene rings is 1. The molecule has 0 aliphatic carbocycles. The third-order valence-corrected chi connectivity index (χ3v) is 2.99. The van der Waals surface area contributed by atoms with Crippen molar-refractivity contribution < 1.29 is 18.0 Å². The van der Waals surface area contributed by atoms with Gasteiger partial charge in [-0.25, -0.2) is 4.79 Å². The Bertz CT molecular complexity index is 475. The molecular formula is C14H20F3N3O. The van der Waals surface area contributed by atoms with Crippen molar-refractivity contribution in [1.82, 2.24) is 15.5 Å². The molecule has 1 atom stereocenters. The molecule has 0 aromatic heterocycles. The lowest BCUT2D eigenvalue weighted by molar-refractivity contribution is -0.138. The van der Waals surface area contributed by atoms with Gasteiger partial charge in [0.25, 0.3) is 0 Å². The molecule has 0 saturated heterocycles. The van der Waals surface area contributed by atoms with Crippen molar-refractivity contribution in [3.8, 4) is 0 Å². The number of alkyl halides is 3. The Morgan fingerprint density at radius 1 is 1.24 bits per heavy atom. The van der Waals surface area contributed by atoms with Crippen LogP contribution in [0.15, 0.2) is 24.3 Å². The summed E-state index contributed by atoms with van der Waals surface area (Å²) in [6.45, 7) is 2.39. The average molecular weight is 303 g/mol. The molecule has 1 rings (SSSR count). The number of urea groups is 1. The van der Waals surface area contributed by atoms with E-state index in [-0.39, 0.29) is 11.6 Å². The molecular weight excluding hydrogens is 283 g/mol. The molecule has 0 fully saturated rings. The quantitative estimate of drug-likeness (QED) is 0.821. The predicted molar refractivity (Wildman–Crippen MR) is 74.9 cm³/mol. The third-order valence-electron chi connectivity index (χ3n) is 2.99. The molecule has 1 aromatic rings. The Morgan fingerprint density at radius 3 is 2.43 bits per heavy atom. The summed E-state index contributed by atoms with van der Waals surface area (Å²) in [5, 5.41) is 5.61. The van der Waals surface area contributed by atoms with Gasteiger partial charge in [0.05, 0.1) is 5.56 Å². The maximum absolute atomic E-state index is 12.9. The van der Waals surface area contributed by atoms with Gasteiger partial charge in [-0.05, 0) is 18.6 Å². The van der Waals surface area contributed by atoms with Crippen molar-refractivity contribution in [3.05, 3.63) is 35.4 Å². The van der Waals surface area contributed by atoms with Crippen molar-refractivity contribution in [2.45, 2.75) is 19.1 Å². The van der Waals surface area contributed by atoms with Crippen LogP contribution in [-0.4, -0.2) is 38.1 Å². The highest BCUT2D eigenvalue weighted by Crippen LogP contribution is 2.34. The van der Waals surface area contributed by atoms with Crippen molar-refractivity contribution in [3.63, 3.8) is 0 Å². The smallest absolute Gasteiger partial charge is 0.337 e. The van der Waals surface area contributed by atoms with Crippen LogP contribution in [0, 0.1) is 0 Å². The van der Waals surface area contributed by atoms with Gasteiger partial charge in [0.15, 0.2) is 0 Å². The minimum atomic E-state index is -4.37. The first kappa shape index (κ1) is 17.3. The fourth-order valence-electron chi connectivity index (χ4n) is 1.86. The molecule has 0 saturated carbocycles. The molecule has 118 valence electrons. The van der Waals surface area contributed by atoms with Crippen LogP contribution in [0.3, 0.4) is 0 Å². The van der Waals surface area contributed by atoms with E-state index in [1.165, 1.54) is 17.0 Å². The standard InChI is InChI=1S/C14H20F3N3O/c1-10(18-8-9-19-13(21)20(2)3)11-6-4-5-7-12(11)14(15,16)17/h4-7,10,18H,8-9H2,1-3H3,(H,19,21). The van der Waals surface area contributed by atoms with Gasteiger partial charge in [-0.1, -0.05) is 18.2 Å². The van der Waals surface area contributed by atoms with Gasteiger partial charge in [0.2, 0.25) is 0 Å². The molecule has 0 heterocycles. The fraction of sp³-hybridized carbons (Fsp3) is 0.500. The number of halogens is 3. The summed E-state index contributed by atoms with van der Waals surface area (Å²) in [7, 11) is 3.23. The minimum Gasteiger partial charge on any atom is -0.337 e. The van der Waals surface area contributed by atoms with E-state index in [0.717, 1.165) is 6.07 Å². The second-order valence-electron chi connectivity index (χ2n) is 4.89. The molecule has 0 radical (unpaired) electrons. The molecule has 21 heavy (non-hydrogen) atoms. The SMILES string of the molecule is CC(NCCNC(=O)N(C)C)c1ccccc1C(F)(F)F. The van der Waals surface area contributed by atoms with E-state index in [1.807, 2.05) is 0 Å². The zero-order valence-corrected chi connectivity index (χ0v) is 12.3. The molecule has 0 aliphatic heterocycles. The van der Waals surface area contributed by atoms with Crippen LogP contribution in [0.4, 0.5) is 18.0 Å². The lowest BCUT2D eigenvalue weighted by atomic mass is 10.0. The average Bonchev–Trinajstić information content (AvgIpc) is 2.42. The van der Waals surface area contributed by atoms with E-state index < -0.39 is 17.8 Å². The van der Waals surface area contributed by atoms with Gasteiger partial charge in [-0.2, -0.15) is 13.2 Å². The fourth-order valence-corrected chi connectivity index (χ4v) is 1.86. The predicted octanol–water partition coefficient (Wildman–Crippen LogP) is 2.63. The summed E-state index contributed by atoms with van der Waals surface area (Å²) in [6.07, 6.45) is -4.37. The monoisotopic (exact) mass is 303 g/mol. The molecule has 1 unspecified atom stereocenters. The van der Waals surface area contributed by atoms with E-state index in [0.29, 0.717) is 13.1 Å². The number of amides is 2. The number of carbonyl (C=O) groups is 1. The van der Waals surface area contributed by atoms with Crippen molar-refractivity contribution in [2.24, 2.45) is 0 Å². The summed E-state index contributed by atoms with van der Waals surface area (Å²) >= 11 is 0. The Labute approximate surface area is 122 Å². The minimum absolute atomic E-state index is 0.198. The number of rotatable bonds is 5. The Morgan fingerprint density at radius 2 is 1.86 bits per heavy atom. The third kappa shape index (κ3) is 5.26. The van der Waals surface area contributed by atoms with Crippen LogP contribution in [-0.2, 0) is 6.18 Å².